The van der Waals surface area contributed by atoms with Gasteiger partial charge in [0.2, 0.25) is 0 Å². The second-order valence-corrected chi connectivity index (χ2v) is 2.09. The number of aromatic amines is 1. The Kier molecular flexibility index (Phi) is 2.94. The molecule has 0 aliphatic carbocycles. The third-order valence-corrected chi connectivity index (χ3v) is 1.38. The molecule has 1 N–H and O–H groups in total. The Morgan fingerprint density at radius 3 is 2.67 bits per heavy atom. The summed E-state index contributed by atoms with van der Waals surface area (Å²) in [7, 11) is 2.97. The Labute approximate surface area is 68.3 Å². The van der Waals surface area contributed by atoms with Gasteiger partial charge in [-0.2, -0.15) is 4.68 Å². The summed E-state index contributed by atoms with van der Waals surface area (Å²) >= 11 is 0. The van der Waals surface area contributed by atoms with E-state index in [1.807, 2.05) is 0 Å². The molecule has 0 radical (unpaired) electrons. The molecule has 0 spiro atoms. The third-order valence-electron chi connectivity index (χ3n) is 1.38. The minimum Gasteiger partial charge on any atom is -0.354 e. The molecule has 7 heteroatoms. The quantitative estimate of drug-likeness (QED) is 0.567. The molecule has 0 fully saturated rings. The zero-order valence-corrected chi connectivity index (χ0v) is 6.85. The minimum absolute atomic E-state index is 0.225. The minimum atomic E-state index is -0.479. The highest BCUT2D eigenvalue weighted by molar-refractivity contribution is 4.53. The van der Waals surface area contributed by atoms with Gasteiger partial charge in [0.25, 0.3) is 0 Å². The van der Waals surface area contributed by atoms with E-state index in [4.69, 9.17) is 9.47 Å². The molecule has 0 amide bonds. The van der Waals surface area contributed by atoms with Crippen LogP contribution in [0.4, 0.5) is 0 Å². The molecular weight excluding hydrogens is 164 g/mol. The van der Waals surface area contributed by atoms with Gasteiger partial charge in [-0.3, -0.25) is 0 Å². The molecule has 0 saturated heterocycles. The second-order valence-electron chi connectivity index (χ2n) is 2.09. The summed E-state index contributed by atoms with van der Waals surface area (Å²) in [5.41, 5.74) is -0.380. The lowest BCUT2D eigenvalue weighted by Crippen LogP contribution is -2.28. The molecule has 0 atom stereocenters. The van der Waals surface area contributed by atoms with Gasteiger partial charge in [-0.05, 0) is 10.4 Å². The molecule has 12 heavy (non-hydrogen) atoms. The number of methoxy groups -OCH3 is 2. The van der Waals surface area contributed by atoms with Crippen LogP contribution in [0.25, 0.3) is 0 Å². The average molecular weight is 174 g/mol. The molecule has 0 unspecified atom stereocenters. The summed E-state index contributed by atoms with van der Waals surface area (Å²) in [5, 5.41) is 8.96. The van der Waals surface area contributed by atoms with Crippen molar-refractivity contribution in [3.63, 3.8) is 0 Å². The van der Waals surface area contributed by atoms with Crippen molar-refractivity contribution in [2.24, 2.45) is 0 Å². The molecular formula is C5H10N4O3. The first-order chi connectivity index (χ1) is 5.77. The van der Waals surface area contributed by atoms with Gasteiger partial charge in [0.1, 0.15) is 0 Å². The van der Waals surface area contributed by atoms with Gasteiger partial charge in [-0.15, -0.1) is 0 Å². The molecule has 1 rings (SSSR count). The normalized spacial score (nSPS) is 10.9. The van der Waals surface area contributed by atoms with Crippen LogP contribution in [-0.2, 0) is 16.0 Å². The second kappa shape index (κ2) is 3.98. The molecule has 68 valence electrons. The van der Waals surface area contributed by atoms with E-state index in [0.717, 1.165) is 4.68 Å². The Morgan fingerprint density at radius 2 is 2.25 bits per heavy atom. The summed E-state index contributed by atoms with van der Waals surface area (Å²) in [6.45, 7) is 0.225. The van der Waals surface area contributed by atoms with Crippen molar-refractivity contribution in [1.29, 1.82) is 0 Å². The lowest BCUT2D eigenvalue weighted by atomic mass is 10.6. The summed E-state index contributed by atoms with van der Waals surface area (Å²) in [6, 6.07) is 0. The van der Waals surface area contributed by atoms with Gasteiger partial charge in [-0.1, -0.05) is 0 Å². The maximum absolute atomic E-state index is 10.9. The van der Waals surface area contributed by atoms with Crippen LogP contribution >= 0.6 is 0 Å². The predicted molar refractivity (Wildman–Crippen MR) is 38.4 cm³/mol. The Morgan fingerprint density at radius 1 is 1.58 bits per heavy atom. The molecule has 1 heterocycles. The molecule has 1 aromatic rings. The van der Waals surface area contributed by atoms with Gasteiger partial charge in [0, 0.05) is 14.2 Å². The van der Waals surface area contributed by atoms with Gasteiger partial charge >= 0.3 is 5.69 Å². The highest BCUT2D eigenvalue weighted by Crippen LogP contribution is 1.91. The number of H-pyrrole nitrogens is 1. The summed E-state index contributed by atoms with van der Waals surface area (Å²) < 4.78 is 10.9. The first-order valence-electron chi connectivity index (χ1n) is 3.31. The van der Waals surface area contributed by atoms with E-state index >= 15 is 0 Å². The van der Waals surface area contributed by atoms with Crippen molar-refractivity contribution in [3.8, 4) is 0 Å². The van der Waals surface area contributed by atoms with E-state index in [2.05, 4.69) is 15.5 Å². The van der Waals surface area contributed by atoms with E-state index in [1.165, 1.54) is 14.2 Å². The summed E-state index contributed by atoms with van der Waals surface area (Å²) in [4.78, 5) is 10.9. The van der Waals surface area contributed by atoms with Gasteiger partial charge in [-0.25, -0.2) is 9.89 Å². The van der Waals surface area contributed by atoms with E-state index in [0.29, 0.717) is 0 Å². The largest absolute Gasteiger partial charge is 0.361 e. The van der Waals surface area contributed by atoms with Gasteiger partial charge < -0.3 is 9.47 Å². The molecule has 0 aromatic carbocycles. The van der Waals surface area contributed by atoms with Crippen molar-refractivity contribution in [1.82, 2.24) is 20.2 Å². The van der Waals surface area contributed by atoms with E-state index in [1.54, 1.807) is 0 Å². The van der Waals surface area contributed by atoms with Crippen LogP contribution in [0, 0.1) is 0 Å². The molecule has 0 aliphatic heterocycles. The summed E-state index contributed by atoms with van der Waals surface area (Å²) in [6.07, 6.45) is -0.479. The first kappa shape index (κ1) is 8.88. The van der Waals surface area contributed by atoms with Crippen LogP contribution in [0.3, 0.4) is 0 Å². The van der Waals surface area contributed by atoms with Crippen LogP contribution in [0.2, 0.25) is 0 Å². The fourth-order valence-electron chi connectivity index (χ4n) is 0.723. The standard InChI is InChI=1S/C5H10N4O3/c1-11-4(12-2)3-9-5(10)6-7-8-9/h4H,3H2,1-2H3,(H,6,8,10). The van der Waals surface area contributed by atoms with Crippen molar-refractivity contribution >= 4 is 0 Å². The van der Waals surface area contributed by atoms with Crippen LogP contribution < -0.4 is 5.69 Å². The zero-order chi connectivity index (χ0) is 8.97. The Bertz CT molecular complexity index is 276. The Hall–Kier alpha value is -1.21. The summed E-state index contributed by atoms with van der Waals surface area (Å²) in [5.74, 6) is 0. The molecule has 0 bridgehead atoms. The molecule has 1 aromatic heterocycles. The monoisotopic (exact) mass is 174 g/mol. The number of tetrazole rings is 1. The van der Waals surface area contributed by atoms with Crippen LogP contribution in [-0.4, -0.2) is 40.7 Å². The van der Waals surface area contributed by atoms with Crippen molar-refractivity contribution < 1.29 is 9.47 Å². The third kappa shape index (κ3) is 1.89. The highest BCUT2D eigenvalue weighted by atomic mass is 16.7. The number of nitrogens with one attached hydrogen (secondary N) is 1. The lowest BCUT2D eigenvalue weighted by molar-refractivity contribution is -0.113. The number of rotatable bonds is 4. The molecule has 0 aliphatic rings. The predicted octanol–water partition coefficient (Wildman–Crippen LogP) is -1.41. The maximum atomic E-state index is 10.9. The number of hydrogen-bond acceptors (Lipinski definition) is 5. The first-order valence-corrected chi connectivity index (χ1v) is 3.31. The van der Waals surface area contributed by atoms with E-state index in [9.17, 15) is 4.79 Å². The fraction of sp³-hybridized carbons (Fsp3) is 0.800. The number of aromatic nitrogens is 4. The van der Waals surface area contributed by atoms with Crippen LogP contribution in [0.15, 0.2) is 4.79 Å². The lowest BCUT2D eigenvalue weighted by Gasteiger charge is -2.10. The zero-order valence-electron chi connectivity index (χ0n) is 6.85. The average Bonchev–Trinajstić information content (AvgIpc) is 2.47. The highest BCUT2D eigenvalue weighted by Gasteiger charge is 2.08. The number of ether oxygens (including phenoxy) is 2. The Balaban J connectivity index is 2.62. The van der Waals surface area contributed by atoms with Gasteiger partial charge in [0.15, 0.2) is 6.29 Å². The van der Waals surface area contributed by atoms with Gasteiger partial charge in [0.05, 0.1) is 6.54 Å². The molecule has 0 saturated carbocycles. The topological polar surface area (TPSA) is 82.0 Å². The van der Waals surface area contributed by atoms with Crippen LogP contribution in [0.1, 0.15) is 0 Å². The molecule has 7 nitrogen and oxygen atoms in total. The maximum Gasteiger partial charge on any atom is 0.361 e. The van der Waals surface area contributed by atoms with Crippen molar-refractivity contribution in [3.05, 3.63) is 10.5 Å². The van der Waals surface area contributed by atoms with E-state index in [-0.39, 0.29) is 12.2 Å². The smallest absolute Gasteiger partial charge is 0.354 e. The number of nitrogens with zero attached hydrogens (tertiary/aromatic N) is 3. The SMILES string of the molecule is COC(Cn1nn[nH]c1=O)OC. The van der Waals surface area contributed by atoms with Crippen LogP contribution in [0.5, 0.6) is 0 Å². The van der Waals surface area contributed by atoms with Crippen molar-refractivity contribution in [2.45, 2.75) is 12.8 Å². The van der Waals surface area contributed by atoms with Crippen molar-refractivity contribution in [2.75, 3.05) is 14.2 Å². The van der Waals surface area contributed by atoms with E-state index < -0.39 is 6.29 Å². The fourth-order valence-corrected chi connectivity index (χ4v) is 0.723. The number of hydrogen-bond donors (Lipinski definition) is 1.